The average Bonchev–Trinajstić information content (AvgIpc) is 3.21. The number of nitrogens with zero attached hydrogens (tertiary/aromatic N) is 2. The number of H-pyrrole nitrogens is 1. The first-order valence-corrected chi connectivity index (χ1v) is 9.32. The minimum atomic E-state index is -0.275. The third kappa shape index (κ3) is 5.78. The Morgan fingerprint density at radius 1 is 1.37 bits per heavy atom. The monoisotopic (exact) mass is 379 g/mol. The number of carbonyl (C=O) groups excluding carboxylic acids is 3. The van der Waals surface area contributed by atoms with Gasteiger partial charge in [-0.2, -0.15) is 0 Å². The number of amides is 3. The quantitative estimate of drug-likeness (QED) is 0.601. The van der Waals surface area contributed by atoms with Crippen LogP contribution in [0.5, 0.6) is 0 Å². The van der Waals surface area contributed by atoms with Gasteiger partial charge in [-0.25, -0.2) is 4.98 Å². The van der Waals surface area contributed by atoms with E-state index in [0.29, 0.717) is 31.6 Å². The molecule has 150 valence electrons. The van der Waals surface area contributed by atoms with Gasteiger partial charge >= 0.3 is 0 Å². The molecule has 0 saturated heterocycles. The Kier molecular flexibility index (Phi) is 7.78. The third-order valence-electron chi connectivity index (χ3n) is 4.77. The van der Waals surface area contributed by atoms with Crippen LogP contribution < -0.4 is 10.6 Å². The smallest absolute Gasteiger partial charge is 0.269 e. The van der Waals surface area contributed by atoms with Crippen molar-refractivity contribution < 1.29 is 19.1 Å². The highest BCUT2D eigenvalue weighted by atomic mass is 16.5. The molecular formula is C18H29N5O4. The second-order valence-corrected chi connectivity index (χ2v) is 6.83. The topological polar surface area (TPSA) is 116 Å². The Bertz CT molecular complexity index is 634. The van der Waals surface area contributed by atoms with E-state index in [-0.39, 0.29) is 42.3 Å². The van der Waals surface area contributed by atoms with Gasteiger partial charge in [-0.05, 0) is 25.7 Å². The molecule has 1 aromatic rings. The minimum Gasteiger partial charge on any atom is -0.376 e. The Balaban J connectivity index is 2.03. The lowest BCUT2D eigenvalue weighted by Crippen LogP contribution is -2.51. The minimum absolute atomic E-state index is 0.0206. The summed E-state index contributed by atoms with van der Waals surface area (Å²) in [6.07, 6.45) is 5.48. The standard InChI is InChI=1S/C18H29N5O4/c1-4-7-27-15-6-5-12(18(26)23(3)10-16(24)19-2)8-13(15)22-17(25)14-9-20-11-21-14/h9,11-13,15H,4-8,10H2,1-3H3,(H,19,24)(H,20,21)(H,22,25)/t12-,13+,15+/m0/s1. The summed E-state index contributed by atoms with van der Waals surface area (Å²) in [5.41, 5.74) is 0.370. The molecule has 1 fully saturated rings. The van der Waals surface area contributed by atoms with E-state index < -0.39 is 0 Å². The number of aromatic amines is 1. The maximum absolute atomic E-state index is 12.7. The summed E-state index contributed by atoms with van der Waals surface area (Å²) in [6.45, 7) is 2.66. The van der Waals surface area contributed by atoms with Crippen LogP contribution in [0.2, 0.25) is 0 Å². The molecule has 1 aromatic heterocycles. The number of aromatic nitrogens is 2. The maximum atomic E-state index is 12.7. The zero-order chi connectivity index (χ0) is 19.8. The summed E-state index contributed by atoms with van der Waals surface area (Å²) in [5, 5.41) is 5.49. The summed E-state index contributed by atoms with van der Waals surface area (Å²) < 4.78 is 5.90. The number of nitrogens with one attached hydrogen (secondary N) is 3. The SMILES string of the molecule is CCCO[C@@H]1CC[C@H](C(=O)N(C)CC(=O)NC)C[C@H]1NC(=O)c1cnc[nH]1. The van der Waals surface area contributed by atoms with Gasteiger partial charge in [0.15, 0.2) is 0 Å². The zero-order valence-corrected chi connectivity index (χ0v) is 16.2. The van der Waals surface area contributed by atoms with Gasteiger partial charge in [-0.1, -0.05) is 6.92 Å². The van der Waals surface area contributed by atoms with Crippen LogP contribution >= 0.6 is 0 Å². The predicted molar refractivity (Wildman–Crippen MR) is 98.9 cm³/mol. The van der Waals surface area contributed by atoms with Gasteiger partial charge in [-0.15, -0.1) is 0 Å². The molecule has 1 saturated carbocycles. The number of likely N-dealkylation sites (N-methyl/N-ethyl adjacent to an activating group) is 2. The van der Waals surface area contributed by atoms with Crippen molar-refractivity contribution in [1.29, 1.82) is 0 Å². The summed E-state index contributed by atoms with van der Waals surface area (Å²) in [7, 11) is 3.16. The summed E-state index contributed by atoms with van der Waals surface area (Å²) in [4.78, 5) is 44.7. The lowest BCUT2D eigenvalue weighted by molar-refractivity contribution is -0.140. The molecule has 27 heavy (non-hydrogen) atoms. The Morgan fingerprint density at radius 2 is 2.15 bits per heavy atom. The van der Waals surface area contributed by atoms with E-state index in [1.165, 1.54) is 24.5 Å². The van der Waals surface area contributed by atoms with Gasteiger partial charge in [0, 0.05) is 26.6 Å². The van der Waals surface area contributed by atoms with Gasteiger partial charge in [0.05, 0.1) is 31.2 Å². The van der Waals surface area contributed by atoms with Crippen LogP contribution in [0.4, 0.5) is 0 Å². The van der Waals surface area contributed by atoms with Crippen molar-refractivity contribution in [2.24, 2.45) is 5.92 Å². The fourth-order valence-electron chi connectivity index (χ4n) is 3.30. The highest BCUT2D eigenvalue weighted by molar-refractivity contribution is 5.92. The van der Waals surface area contributed by atoms with Gasteiger partial charge < -0.3 is 25.3 Å². The van der Waals surface area contributed by atoms with Gasteiger partial charge in [0.25, 0.3) is 5.91 Å². The maximum Gasteiger partial charge on any atom is 0.269 e. The summed E-state index contributed by atoms with van der Waals surface area (Å²) in [6, 6.07) is -0.275. The second-order valence-electron chi connectivity index (χ2n) is 6.83. The molecule has 3 atom stereocenters. The van der Waals surface area contributed by atoms with E-state index in [4.69, 9.17) is 4.74 Å². The number of hydrogen-bond acceptors (Lipinski definition) is 5. The summed E-state index contributed by atoms with van der Waals surface area (Å²) in [5.74, 6) is -0.828. The van der Waals surface area contributed by atoms with Crippen molar-refractivity contribution in [1.82, 2.24) is 25.5 Å². The fourth-order valence-corrected chi connectivity index (χ4v) is 3.30. The largest absolute Gasteiger partial charge is 0.376 e. The summed E-state index contributed by atoms with van der Waals surface area (Å²) >= 11 is 0. The molecule has 0 unspecified atom stereocenters. The fraction of sp³-hybridized carbons (Fsp3) is 0.667. The molecule has 0 aliphatic heterocycles. The van der Waals surface area contributed by atoms with Gasteiger partial charge in [0.1, 0.15) is 5.69 Å². The first kappa shape index (κ1) is 20.9. The van der Waals surface area contributed by atoms with Crippen molar-refractivity contribution in [2.75, 3.05) is 27.2 Å². The zero-order valence-electron chi connectivity index (χ0n) is 16.2. The van der Waals surface area contributed by atoms with Crippen LogP contribution in [0.3, 0.4) is 0 Å². The van der Waals surface area contributed by atoms with Crippen LogP contribution in [0, 0.1) is 5.92 Å². The molecule has 3 N–H and O–H groups in total. The molecule has 1 heterocycles. The molecule has 9 heteroatoms. The van der Waals surface area contributed by atoms with E-state index in [2.05, 4.69) is 20.6 Å². The van der Waals surface area contributed by atoms with E-state index in [1.54, 1.807) is 7.05 Å². The number of hydrogen-bond donors (Lipinski definition) is 3. The van der Waals surface area contributed by atoms with Crippen molar-refractivity contribution in [3.05, 3.63) is 18.2 Å². The van der Waals surface area contributed by atoms with Crippen LogP contribution in [0.25, 0.3) is 0 Å². The molecule has 2 rings (SSSR count). The predicted octanol–water partition coefficient (Wildman–Crippen LogP) is 0.308. The lowest BCUT2D eigenvalue weighted by Gasteiger charge is -2.37. The third-order valence-corrected chi connectivity index (χ3v) is 4.77. The van der Waals surface area contributed by atoms with Gasteiger partial charge in [-0.3, -0.25) is 14.4 Å². The van der Waals surface area contributed by atoms with Crippen LogP contribution in [-0.2, 0) is 14.3 Å². The van der Waals surface area contributed by atoms with E-state index in [1.807, 2.05) is 6.92 Å². The highest BCUT2D eigenvalue weighted by Gasteiger charge is 2.36. The highest BCUT2D eigenvalue weighted by Crippen LogP contribution is 2.28. The van der Waals surface area contributed by atoms with Crippen LogP contribution in [-0.4, -0.2) is 72.0 Å². The normalized spacial score (nSPS) is 22.1. The molecule has 1 aliphatic rings. The molecule has 0 aromatic carbocycles. The molecule has 9 nitrogen and oxygen atoms in total. The number of imidazole rings is 1. The Morgan fingerprint density at radius 3 is 2.78 bits per heavy atom. The van der Waals surface area contributed by atoms with E-state index in [0.717, 1.165) is 6.42 Å². The first-order valence-electron chi connectivity index (χ1n) is 9.32. The number of rotatable bonds is 8. The second kappa shape index (κ2) is 10.1. The number of ether oxygens (including phenoxy) is 1. The van der Waals surface area contributed by atoms with Crippen molar-refractivity contribution in [2.45, 2.75) is 44.8 Å². The first-order chi connectivity index (χ1) is 13.0. The van der Waals surface area contributed by atoms with E-state index in [9.17, 15) is 14.4 Å². The van der Waals surface area contributed by atoms with Crippen LogP contribution in [0.15, 0.2) is 12.5 Å². The van der Waals surface area contributed by atoms with Crippen molar-refractivity contribution >= 4 is 17.7 Å². The molecular weight excluding hydrogens is 350 g/mol. The Hall–Kier alpha value is -2.42. The average molecular weight is 379 g/mol. The molecule has 0 bridgehead atoms. The number of carbonyl (C=O) groups is 3. The lowest BCUT2D eigenvalue weighted by atomic mass is 9.82. The molecule has 3 amide bonds. The Labute approximate surface area is 159 Å². The van der Waals surface area contributed by atoms with Crippen molar-refractivity contribution in [3.63, 3.8) is 0 Å². The van der Waals surface area contributed by atoms with Gasteiger partial charge in [0.2, 0.25) is 11.8 Å². The van der Waals surface area contributed by atoms with Crippen LogP contribution in [0.1, 0.15) is 43.1 Å². The molecule has 0 spiro atoms. The molecule has 1 aliphatic carbocycles. The van der Waals surface area contributed by atoms with E-state index >= 15 is 0 Å². The van der Waals surface area contributed by atoms with Crippen molar-refractivity contribution in [3.8, 4) is 0 Å². The molecule has 0 radical (unpaired) electrons.